The van der Waals surface area contributed by atoms with Gasteiger partial charge in [-0.2, -0.15) is 21.6 Å². The monoisotopic (exact) mass is 316 g/mol. The highest BCUT2D eigenvalue weighted by Crippen LogP contribution is 2.28. The number of rotatable bonds is 6. The zero-order valence-electron chi connectivity index (χ0n) is 9.20. The maximum absolute atomic E-state index is 12.0. The van der Waals surface area contributed by atoms with Crippen LogP contribution in [0.25, 0.3) is 0 Å². The van der Waals surface area contributed by atoms with Gasteiger partial charge in [-0.25, -0.2) is 4.18 Å². The van der Waals surface area contributed by atoms with Crippen LogP contribution in [0.15, 0.2) is 30.3 Å². The van der Waals surface area contributed by atoms with E-state index in [2.05, 4.69) is 8.92 Å². The van der Waals surface area contributed by atoms with Crippen LogP contribution in [0.4, 0.5) is 13.2 Å². The van der Waals surface area contributed by atoms with Gasteiger partial charge in [-0.1, -0.05) is 30.3 Å². The van der Waals surface area contributed by atoms with E-state index in [1.807, 2.05) is 0 Å². The molecule has 0 aliphatic heterocycles. The van der Waals surface area contributed by atoms with Crippen LogP contribution in [0.1, 0.15) is 5.56 Å². The van der Waals surface area contributed by atoms with Crippen LogP contribution in [0, 0.1) is 0 Å². The molecule has 0 N–H and O–H groups in total. The second-order valence-corrected chi connectivity index (χ2v) is 5.40. The van der Waals surface area contributed by atoms with Crippen molar-refractivity contribution in [1.82, 2.24) is 0 Å². The average Bonchev–Trinajstić information content (AvgIpc) is 2.34. The molecule has 0 saturated heterocycles. The SMILES string of the molecule is O=PC(OCc1ccccc1)OS(=O)(=O)C(F)(F)F. The average molecular weight is 316 g/mol. The third-order valence-electron chi connectivity index (χ3n) is 1.81. The van der Waals surface area contributed by atoms with Gasteiger partial charge in [0.2, 0.25) is 8.46 Å². The molecule has 0 fully saturated rings. The van der Waals surface area contributed by atoms with Crippen molar-refractivity contribution >= 4 is 18.6 Å². The van der Waals surface area contributed by atoms with Crippen molar-refractivity contribution in [2.24, 2.45) is 0 Å². The van der Waals surface area contributed by atoms with Gasteiger partial charge in [0.05, 0.1) is 6.61 Å². The normalized spacial score (nSPS) is 14.5. The minimum absolute atomic E-state index is 0.242. The van der Waals surface area contributed by atoms with Gasteiger partial charge in [0.25, 0.3) is 6.03 Å². The summed E-state index contributed by atoms with van der Waals surface area (Å²) in [5.74, 6) is 0. The Morgan fingerprint density at radius 3 is 2.26 bits per heavy atom. The summed E-state index contributed by atoms with van der Waals surface area (Å²) in [6, 6.07) is 6.14. The quantitative estimate of drug-likeness (QED) is 0.349. The Bertz CT molecular complexity index is 516. The Kier molecular flexibility index (Phi) is 5.42. The fraction of sp³-hybridized carbons (Fsp3) is 0.333. The minimum atomic E-state index is -5.85. The van der Waals surface area contributed by atoms with Crippen molar-refractivity contribution in [1.29, 1.82) is 0 Å². The van der Waals surface area contributed by atoms with Crippen molar-refractivity contribution in [2.75, 3.05) is 0 Å². The summed E-state index contributed by atoms with van der Waals surface area (Å²) in [6.07, 6.45) is 0. The number of halogens is 3. The lowest BCUT2D eigenvalue weighted by Gasteiger charge is -2.13. The molecule has 0 bridgehead atoms. The first-order valence-electron chi connectivity index (χ1n) is 4.74. The molecule has 0 aliphatic carbocycles. The van der Waals surface area contributed by atoms with Gasteiger partial charge in [-0.3, -0.25) is 4.57 Å². The summed E-state index contributed by atoms with van der Waals surface area (Å²) >= 11 is 0. The van der Waals surface area contributed by atoms with Gasteiger partial charge >= 0.3 is 15.6 Å². The van der Waals surface area contributed by atoms with Crippen LogP contribution in [-0.2, 0) is 30.2 Å². The first-order valence-corrected chi connectivity index (χ1v) is 7.03. The van der Waals surface area contributed by atoms with Crippen molar-refractivity contribution in [3.63, 3.8) is 0 Å². The molecule has 0 saturated carbocycles. The molecule has 19 heavy (non-hydrogen) atoms. The van der Waals surface area contributed by atoms with E-state index >= 15 is 0 Å². The standard InChI is InChI=1S/C9H8F3O5PS/c10-9(11,12)19(14,15)17-8(18-13)16-6-7-4-2-1-3-5-7/h1-5,8H,6H2. The fourth-order valence-corrected chi connectivity index (χ4v) is 1.98. The molecular formula is C9H8F3O5PS. The van der Waals surface area contributed by atoms with Gasteiger partial charge < -0.3 is 4.74 Å². The summed E-state index contributed by atoms with van der Waals surface area (Å²) in [4.78, 5) is 0. The molecule has 0 aromatic heterocycles. The van der Waals surface area contributed by atoms with Crippen molar-refractivity contribution in [3.8, 4) is 0 Å². The largest absolute Gasteiger partial charge is 0.523 e. The first-order chi connectivity index (χ1) is 8.76. The fourth-order valence-electron chi connectivity index (χ4n) is 0.980. The zero-order chi connectivity index (χ0) is 14.5. The van der Waals surface area contributed by atoms with E-state index in [0.717, 1.165) is 0 Å². The van der Waals surface area contributed by atoms with Crippen LogP contribution >= 0.6 is 8.46 Å². The Balaban J connectivity index is 2.63. The molecule has 0 radical (unpaired) electrons. The van der Waals surface area contributed by atoms with Crippen LogP contribution in [0.5, 0.6) is 0 Å². The van der Waals surface area contributed by atoms with Gasteiger partial charge in [-0.15, -0.1) is 0 Å². The predicted molar refractivity (Wildman–Crippen MR) is 58.7 cm³/mol. The van der Waals surface area contributed by atoms with E-state index < -0.39 is 30.1 Å². The molecule has 1 aromatic carbocycles. The molecular weight excluding hydrogens is 308 g/mol. The summed E-state index contributed by atoms with van der Waals surface area (Å²) in [5.41, 5.74) is -5.03. The zero-order valence-corrected chi connectivity index (χ0v) is 10.9. The third kappa shape index (κ3) is 4.87. The first kappa shape index (κ1) is 16.0. The lowest BCUT2D eigenvalue weighted by Crippen LogP contribution is -2.29. The van der Waals surface area contributed by atoms with E-state index in [1.54, 1.807) is 30.3 Å². The van der Waals surface area contributed by atoms with E-state index in [-0.39, 0.29) is 6.61 Å². The molecule has 106 valence electrons. The van der Waals surface area contributed by atoms with E-state index in [1.165, 1.54) is 0 Å². The van der Waals surface area contributed by atoms with Crippen molar-refractivity contribution < 1.29 is 35.1 Å². The number of hydrogen-bond donors (Lipinski definition) is 0. The van der Waals surface area contributed by atoms with Crippen molar-refractivity contribution in [3.05, 3.63) is 35.9 Å². The molecule has 0 aliphatic rings. The summed E-state index contributed by atoms with van der Waals surface area (Å²) in [7, 11) is -6.88. The molecule has 1 rings (SSSR count). The van der Waals surface area contributed by atoms with Gasteiger partial charge in [0, 0.05) is 0 Å². The summed E-state index contributed by atoms with van der Waals surface area (Å²) < 4.78 is 76.3. The maximum Gasteiger partial charge on any atom is 0.523 e. The highest BCUT2D eigenvalue weighted by Gasteiger charge is 2.49. The summed E-state index contributed by atoms with van der Waals surface area (Å²) in [5, 5.41) is 0. The van der Waals surface area contributed by atoms with Crippen molar-refractivity contribution in [2.45, 2.75) is 18.1 Å². The highest BCUT2D eigenvalue weighted by molar-refractivity contribution is 7.87. The molecule has 10 heteroatoms. The lowest BCUT2D eigenvalue weighted by atomic mass is 10.2. The Hall–Kier alpha value is -1.02. The number of ether oxygens (including phenoxy) is 1. The summed E-state index contributed by atoms with van der Waals surface area (Å²) in [6.45, 7) is -0.242. The van der Waals surface area contributed by atoms with E-state index in [9.17, 15) is 26.2 Å². The predicted octanol–water partition coefficient (Wildman–Crippen LogP) is 2.64. The van der Waals surface area contributed by atoms with Gasteiger partial charge in [0.15, 0.2) is 0 Å². The van der Waals surface area contributed by atoms with Crippen LogP contribution < -0.4 is 0 Å². The number of benzene rings is 1. The molecule has 0 spiro atoms. The highest BCUT2D eigenvalue weighted by atomic mass is 32.2. The van der Waals surface area contributed by atoms with Crippen LogP contribution in [-0.4, -0.2) is 20.0 Å². The second kappa shape index (κ2) is 6.42. The Morgan fingerprint density at radius 1 is 1.21 bits per heavy atom. The number of hydrogen-bond acceptors (Lipinski definition) is 5. The lowest BCUT2D eigenvalue weighted by molar-refractivity contribution is -0.0773. The smallest absolute Gasteiger partial charge is 0.337 e. The Morgan fingerprint density at radius 2 is 1.79 bits per heavy atom. The van der Waals surface area contributed by atoms with Gasteiger partial charge in [0.1, 0.15) is 0 Å². The Labute approximate surface area is 108 Å². The molecule has 5 nitrogen and oxygen atoms in total. The molecule has 1 aromatic rings. The van der Waals surface area contributed by atoms with Crippen LogP contribution in [0.2, 0.25) is 0 Å². The minimum Gasteiger partial charge on any atom is -0.337 e. The molecule has 0 heterocycles. The third-order valence-corrected chi connectivity index (χ3v) is 3.38. The topological polar surface area (TPSA) is 69.7 Å². The molecule has 1 unspecified atom stereocenters. The maximum atomic E-state index is 12.0. The van der Waals surface area contributed by atoms with E-state index in [0.29, 0.717) is 5.56 Å². The van der Waals surface area contributed by atoms with Gasteiger partial charge in [-0.05, 0) is 5.56 Å². The molecule has 0 amide bonds. The second-order valence-electron chi connectivity index (χ2n) is 3.21. The number of alkyl halides is 3. The van der Waals surface area contributed by atoms with Crippen LogP contribution in [0.3, 0.4) is 0 Å². The molecule has 1 atom stereocenters. The van der Waals surface area contributed by atoms with E-state index in [4.69, 9.17) is 0 Å².